The first-order chi connectivity index (χ1) is 13.4. The average Bonchev–Trinajstić information content (AvgIpc) is 3.14. The van der Waals surface area contributed by atoms with Gasteiger partial charge in [-0.15, -0.1) is 0 Å². The van der Waals surface area contributed by atoms with Crippen molar-refractivity contribution in [2.45, 2.75) is 31.3 Å². The quantitative estimate of drug-likeness (QED) is 0.753. The zero-order valence-electron chi connectivity index (χ0n) is 16.2. The van der Waals surface area contributed by atoms with Gasteiger partial charge in [0, 0.05) is 38.4 Å². The lowest BCUT2D eigenvalue weighted by atomic mass is 9.98. The second-order valence-corrected chi connectivity index (χ2v) is 8.72. The van der Waals surface area contributed by atoms with Gasteiger partial charge in [-0.05, 0) is 25.8 Å². The Morgan fingerprint density at radius 3 is 2.86 bits per heavy atom. The van der Waals surface area contributed by atoms with E-state index in [1.54, 1.807) is 11.6 Å². The van der Waals surface area contributed by atoms with Gasteiger partial charge in [-0.3, -0.25) is 4.79 Å². The van der Waals surface area contributed by atoms with Crippen LogP contribution in [0.25, 0.3) is 0 Å². The summed E-state index contributed by atoms with van der Waals surface area (Å²) < 4.78 is 34.1. The van der Waals surface area contributed by atoms with E-state index in [2.05, 4.69) is 10.3 Å². The molecule has 0 bridgehead atoms. The minimum Gasteiger partial charge on any atom is -0.494 e. The first-order valence-corrected chi connectivity index (χ1v) is 10.8. The lowest BCUT2D eigenvalue weighted by molar-refractivity contribution is -0.126. The van der Waals surface area contributed by atoms with E-state index in [1.165, 1.54) is 16.8 Å². The predicted octanol–water partition coefficient (Wildman–Crippen LogP) is 1.54. The molecular weight excluding hydrogens is 380 g/mol. The molecule has 28 heavy (non-hydrogen) atoms. The van der Waals surface area contributed by atoms with E-state index in [4.69, 9.17) is 4.74 Å². The van der Waals surface area contributed by atoms with E-state index in [0.29, 0.717) is 32.5 Å². The van der Waals surface area contributed by atoms with Gasteiger partial charge in [-0.2, -0.15) is 4.31 Å². The van der Waals surface area contributed by atoms with Crippen LogP contribution in [-0.2, 0) is 28.4 Å². The number of ether oxygens (including phenoxy) is 1. The summed E-state index contributed by atoms with van der Waals surface area (Å²) >= 11 is 0. The number of imidazole rings is 1. The summed E-state index contributed by atoms with van der Waals surface area (Å²) in [6, 6.07) is 7.56. The third-order valence-electron chi connectivity index (χ3n) is 4.77. The van der Waals surface area contributed by atoms with Gasteiger partial charge in [0.25, 0.3) is 10.0 Å². The Labute approximate surface area is 165 Å². The van der Waals surface area contributed by atoms with Crippen molar-refractivity contribution in [2.75, 3.05) is 19.7 Å². The average molecular weight is 407 g/mol. The molecule has 1 fully saturated rings. The molecule has 1 atom stereocenters. The SMILES string of the molecule is CCOc1ccccc1CNC(=O)[C@@H]1CCCN(S(=O)(=O)c2cn(C)cn2)C1. The molecule has 1 N–H and O–H groups in total. The van der Waals surface area contributed by atoms with Crippen molar-refractivity contribution in [1.29, 1.82) is 0 Å². The summed E-state index contributed by atoms with van der Waals surface area (Å²) in [5.74, 6) is 0.215. The second kappa shape index (κ2) is 8.74. The minimum absolute atomic E-state index is 0.0155. The molecule has 0 aliphatic carbocycles. The number of hydrogen-bond donors (Lipinski definition) is 1. The van der Waals surface area contributed by atoms with Crippen LogP contribution < -0.4 is 10.1 Å². The molecule has 9 heteroatoms. The highest BCUT2D eigenvalue weighted by atomic mass is 32.2. The molecule has 1 saturated heterocycles. The van der Waals surface area contributed by atoms with Crippen LogP contribution in [0.4, 0.5) is 0 Å². The lowest BCUT2D eigenvalue weighted by Crippen LogP contribution is -2.45. The summed E-state index contributed by atoms with van der Waals surface area (Å²) in [6.45, 7) is 3.37. The van der Waals surface area contributed by atoms with E-state index < -0.39 is 10.0 Å². The molecule has 1 amide bonds. The number of carbonyl (C=O) groups is 1. The number of carbonyl (C=O) groups excluding carboxylic acids is 1. The number of amides is 1. The fourth-order valence-corrected chi connectivity index (χ4v) is 4.79. The van der Waals surface area contributed by atoms with Crippen molar-refractivity contribution >= 4 is 15.9 Å². The summed E-state index contributed by atoms with van der Waals surface area (Å²) in [7, 11) is -1.97. The molecule has 0 unspecified atom stereocenters. The van der Waals surface area contributed by atoms with Crippen LogP contribution in [0.1, 0.15) is 25.3 Å². The highest BCUT2D eigenvalue weighted by Gasteiger charge is 2.34. The molecule has 3 rings (SSSR count). The number of aromatic nitrogens is 2. The maximum Gasteiger partial charge on any atom is 0.262 e. The van der Waals surface area contributed by atoms with Gasteiger partial charge in [0.05, 0.1) is 18.9 Å². The number of nitrogens with one attached hydrogen (secondary N) is 1. The third kappa shape index (κ3) is 4.53. The molecular formula is C19H26N4O4S. The topological polar surface area (TPSA) is 93.5 Å². The van der Waals surface area contributed by atoms with Crippen LogP contribution >= 0.6 is 0 Å². The van der Waals surface area contributed by atoms with Gasteiger partial charge < -0.3 is 14.6 Å². The van der Waals surface area contributed by atoms with Crippen molar-refractivity contribution in [3.63, 3.8) is 0 Å². The third-order valence-corrected chi connectivity index (χ3v) is 6.52. The van der Waals surface area contributed by atoms with Gasteiger partial charge in [-0.25, -0.2) is 13.4 Å². The van der Waals surface area contributed by atoms with E-state index in [9.17, 15) is 13.2 Å². The summed E-state index contributed by atoms with van der Waals surface area (Å²) in [5.41, 5.74) is 0.895. The Balaban J connectivity index is 1.63. The zero-order valence-corrected chi connectivity index (χ0v) is 17.0. The van der Waals surface area contributed by atoms with Crippen molar-refractivity contribution in [3.05, 3.63) is 42.4 Å². The first kappa shape index (κ1) is 20.3. The van der Waals surface area contributed by atoms with E-state index >= 15 is 0 Å². The Morgan fingerprint density at radius 2 is 2.14 bits per heavy atom. The van der Waals surface area contributed by atoms with Crippen LogP contribution in [0.3, 0.4) is 0 Å². The summed E-state index contributed by atoms with van der Waals surface area (Å²) in [5, 5.41) is 2.94. The molecule has 8 nitrogen and oxygen atoms in total. The number of nitrogens with zero attached hydrogens (tertiary/aromatic N) is 3. The molecule has 2 aromatic rings. The first-order valence-electron chi connectivity index (χ1n) is 9.38. The molecule has 1 aliphatic rings. The Kier molecular flexibility index (Phi) is 6.35. The molecule has 0 spiro atoms. The van der Waals surface area contributed by atoms with E-state index in [-0.39, 0.29) is 23.4 Å². The molecule has 152 valence electrons. The maximum atomic E-state index is 12.8. The monoisotopic (exact) mass is 406 g/mol. The highest BCUT2D eigenvalue weighted by Crippen LogP contribution is 2.23. The molecule has 0 radical (unpaired) electrons. The fraction of sp³-hybridized carbons (Fsp3) is 0.474. The molecule has 1 aromatic carbocycles. The predicted molar refractivity (Wildman–Crippen MR) is 104 cm³/mol. The zero-order chi connectivity index (χ0) is 20.1. The Morgan fingerprint density at radius 1 is 1.36 bits per heavy atom. The maximum absolute atomic E-state index is 12.8. The summed E-state index contributed by atoms with van der Waals surface area (Å²) in [6.07, 6.45) is 4.23. The van der Waals surface area contributed by atoms with E-state index in [0.717, 1.165) is 11.3 Å². The Bertz CT molecular complexity index is 926. The largest absolute Gasteiger partial charge is 0.494 e. The van der Waals surface area contributed by atoms with E-state index in [1.807, 2.05) is 31.2 Å². The van der Waals surface area contributed by atoms with Gasteiger partial charge in [0.1, 0.15) is 5.75 Å². The van der Waals surface area contributed by atoms with Gasteiger partial charge in [-0.1, -0.05) is 18.2 Å². The number of aryl methyl sites for hydroxylation is 1. The molecule has 1 aliphatic heterocycles. The smallest absolute Gasteiger partial charge is 0.262 e. The molecule has 1 aromatic heterocycles. The fourth-order valence-electron chi connectivity index (χ4n) is 3.30. The van der Waals surface area contributed by atoms with Crippen LogP contribution in [0.5, 0.6) is 5.75 Å². The van der Waals surface area contributed by atoms with Crippen LogP contribution in [0, 0.1) is 5.92 Å². The lowest BCUT2D eigenvalue weighted by Gasteiger charge is -2.30. The number of sulfonamides is 1. The summed E-state index contributed by atoms with van der Waals surface area (Å²) in [4.78, 5) is 16.6. The highest BCUT2D eigenvalue weighted by molar-refractivity contribution is 7.89. The van der Waals surface area contributed by atoms with Crippen LogP contribution in [0.2, 0.25) is 0 Å². The van der Waals surface area contributed by atoms with Crippen molar-refractivity contribution in [1.82, 2.24) is 19.2 Å². The normalized spacial score (nSPS) is 18.0. The Hall–Kier alpha value is -2.39. The van der Waals surface area contributed by atoms with Crippen molar-refractivity contribution < 1.29 is 17.9 Å². The van der Waals surface area contributed by atoms with Gasteiger partial charge in [0.15, 0.2) is 5.03 Å². The van der Waals surface area contributed by atoms with Crippen molar-refractivity contribution in [2.24, 2.45) is 13.0 Å². The number of hydrogen-bond acceptors (Lipinski definition) is 5. The number of benzene rings is 1. The number of rotatable bonds is 7. The van der Waals surface area contributed by atoms with Gasteiger partial charge >= 0.3 is 0 Å². The van der Waals surface area contributed by atoms with Crippen LogP contribution in [0.15, 0.2) is 41.8 Å². The van der Waals surface area contributed by atoms with Crippen LogP contribution in [-0.4, -0.2) is 47.9 Å². The number of piperidine rings is 1. The van der Waals surface area contributed by atoms with Crippen molar-refractivity contribution in [3.8, 4) is 5.75 Å². The van der Waals surface area contributed by atoms with Gasteiger partial charge in [0.2, 0.25) is 5.91 Å². The molecule has 0 saturated carbocycles. The molecule has 2 heterocycles. The standard InChI is InChI=1S/C19H26N4O4S/c1-3-27-17-9-5-4-7-15(17)11-20-19(24)16-8-6-10-23(12-16)28(25,26)18-13-22(2)14-21-18/h4-5,7,9,13-14,16H,3,6,8,10-12H2,1-2H3,(H,20,24)/t16-/m1/s1. The second-order valence-electron chi connectivity index (χ2n) is 6.84. The number of para-hydroxylation sites is 1. The minimum atomic E-state index is -3.69.